The number of rotatable bonds is 8. The smallest absolute Gasteiger partial charge is 0.230 e. The number of thioether (sulfide) groups is 1. The number of allylic oxidation sites excluding steroid dienone is 1. The molecule has 23 heavy (non-hydrogen) atoms. The summed E-state index contributed by atoms with van der Waals surface area (Å²) in [7, 11) is 0. The summed E-state index contributed by atoms with van der Waals surface area (Å²) in [6, 6.07) is 7.43. The SMILES string of the molecule is C=CCn1c(CC)nnc1SCC(=O)NCc1cccc(Cl)c1. The van der Waals surface area contributed by atoms with E-state index in [0.29, 0.717) is 23.9 Å². The van der Waals surface area contributed by atoms with Crippen LogP contribution in [0.2, 0.25) is 5.02 Å². The van der Waals surface area contributed by atoms with Crippen molar-refractivity contribution in [3.05, 3.63) is 53.3 Å². The van der Waals surface area contributed by atoms with Crippen molar-refractivity contribution in [3.63, 3.8) is 0 Å². The lowest BCUT2D eigenvalue weighted by atomic mass is 10.2. The number of hydrogen-bond acceptors (Lipinski definition) is 4. The van der Waals surface area contributed by atoms with Crippen molar-refractivity contribution >= 4 is 29.3 Å². The lowest BCUT2D eigenvalue weighted by Gasteiger charge is -2.07. The molecule has 2 rings (SSSR count). The van der Waals surface area contributed by atoms with Gasteiger partial charge in [0, 0.05) is 24.5 Å². The van der Waals surface area contributed by atoms with Crippen molar-refractivity contribution in [2.45, 2.75) is 31.6 Å². The molecule has 0 saturated carbocycles. The van der Waals surface area contributed by atoms with Gasteiger partial charge in [-0.15, -0.1) is 16.8 Å². The first kappa shape index (κ1) is 17.6. The van der Waals surface area contributed by atoms with Gasteiger partial charge in [-0.05, 0) is 17.7 Å². The van der Waals surface area contributed by atoms with E-state index in [1.165, 1.54) is 11.8 Å². The average molecular weight is 351 g/mol. The highest BCUT2D eigenvalue weighted by atomic mass is 35.5. The van der Waals surface area contributed by atoms with Crippen molar-refractivity contribution in [3.8, 4) is 0 Å². The normalized spacial score (nSPS) is 10.5. The predicted octanol–water partition coefficient (Wildman–Crippen LogP) is 3.09. The Labute approximate surface area is 145 Å². The van der Waals surface area contributed by atoms with Gasteiger partial charge in [-0.2, -0.15) is 0 Å². The van der Waals surface area contributed by atoms with Crippen LogP contribution in [-0.4, -0.2) is 26.4 Å². The van der Waals surface area contributed by atoms with Crippen LogP contribution < -0.4 is 5.32 Å². The van der Waals surface area contributed by atoms with Crippen LogP contribution in [0.3, 0.4) is 0 Å². The largest absolute Gasteiger partial charge is 0.351 e. The molecule has 1 aromatic heterocycles. The maximum absolute atomic E-state index is 12.0. The third kappa shape index (κ3) is 5.11. The number of aromatic nitrogens is 3. The van der Waals surface area contributed by atoms with Crippen LogP contribution in [0.4, 0.5) is 0 Å². The lowest BCUT2D eigenvalue weighted by molar-refractivity contribution is -0.118. The molecule has 0 radical (unpaired) electrons. The molecule has 0 spiro atoms. The topological polar surface area (TPSA) is 59.8 Å². The van der Waals surface area contributed by atoms with Crippen LogP contribution in [-0.2, 0) is 24.3 Å². The van der Waals surface area contributed by atoms with Crippen molar-refractivity contribution in [2.24, 2.45) is 0 Å². The van der Waals surface area contributed by atoms with Gasteiger partial charge in [0.2, 0.25) is 5.91 Å². The average Bonchev–Trinajstić information content (AvgIpc) is 2.93. The van der Waals surface area contributed by atoms with Gasteiger partial charge in [-0.3, -0.25) is 4.79 Å². The zero-order chi connectivity index (χ0) is 16.7. The summed E-state index contributed by atoms with van der Waals surface area (Å²) in [5.74, 6) is 1.13. The molecular formula is C16H19ClN4OS. The molecule has 0 unspecified atom stereocenters. The molecule has 7 heteroatoms. The molecule has 0 atom stereocenters. The van der Waals surface area contributed by atoms with Gasteiger partial charge in [-0.1, -0.05) is 48.5 Å². The molecule has 0 saturated heterocycles. The minimum atomic E-state index is -0.0545. The standard InChI is InChI=1S/C16H19ClN4OS/c1-3-8-21-14(4-2)19-20-16(21)23-11-15(22)18-10-12-6-5-7-13(17)9-12/h3,5-7,9H,1,4,8,10-11H2,2H3,(H,18,22). The second-order valence-electron chi connectivity index (χ2n) is 4.85. The molecule has 0 aliphatic heterocycles. The summed E-state index contributed by atoms with van der Waals surface area (Å²) in [4.78, 5) is 12.0. The van der Waals surface area contributed by atoms with E-state index >= 15 is 0 Å². The van der Waals surface area contributed by atoms with E-state index in [9.17, 15) is 4.79 Å². The number of halogens is 1. The Kier molecular flexibility index (Phi) is 6.67. The van der Waals surface area contributed by atoms with Crippen LogP contribution >= 0.6 is 23.4 Å². The van der Waals surface area contributed by atoms with Crippen LogP contribution in [0.1, 0.15) is 18.3 Å². The molecule has 2 aromatic rings. The number of aryl methyl sites for hydroxylation is 1. The number of nitrogens with one attached hydrogen (secondary N) is 1. The van der Waals surface area contributed by atoms with E-state index in [1.54, 1.807) is 12.1 Å². The predicted molar refractivity (Wildman–Crippen MR) is 93.6 cm³/mol. The monoisotopic (exact) mass is 350 g/mol. The molecule has 0 aliphatic rings. The molecule has 1 aromatic carbocycles. The van der Waals surface area contributed by atoms with Crippen LogP contribution in [0.25, 0.3) is 0 Å². The Morgan fingerprint density at radius 1 is 1.48 bits per heavy atom. The van der Waals surface area contributed by atoms with Crippen molar-refractivity contribution < 1.29 is 4.79 Å². The molecule has 0 fully saturated rings. The first-order valence-electron chi connectivity index (χ1n) is 7.31. The van der Waals surface area contributed by atoms with E-state index < -0.39 is 0 Å². The zero-order valence-corrected chi connectivity index (χ0v) is 14.5. The number of hydrogen-bond donors (Lipinski definition) is 1. The molecule has 1 heterocycles. The molecule has 1 N–H and O–H groups in total. The van der Waals surface area contributed by atoms with Crippen molar-refractivity contribution in [2.75, 3.05) is 5.75 Å². The molecule has 1 amide bonds. The van der Waals surface area contributed by atoms with Gasteiger partial charge >= 0.3 is 0 Å². The lowest BCUT2D eigenvalue weighted by Crippen LogP contribution is -2.24. The molecular weight excluding hydrogens is 332 g/mol. The summed E-state index contributed by atoms with van der Waals surface area (Å²) in [5, 5.41) is 12.5. The Bertz CT molecular complexity index is 686. The number of carbonyl (C=O) groups excluding carboxylic acids is 1. The summed E-state index contributed by atoms with van der Waals surface area (Å²) in [6.45, 7) is 6.86. The maximum atomic E-state index is 12.0. The fraction of sp³-hybridized carbons (Fsp3) is 0.312. The Morgan fingerprint density at radius 3 is 3.00 bits per heavy atom. The summed E-state index contributed by atoms with van der Waals surface area (Å²) < 4.78 is 1.97. The van der Waals surface area contributed by atoms with E-state index in [0.717, 1.165) is 23.0 Å². The number of benzene rings is 1. The first-order chi connectivity index (χ1) is 11.1. The number of nitrogens with zero attached hydrogens (tertiary/aromatic N) is 3. The fourth-order valence-corrected chi connectivity index (χ4v) is 3.04. The van der Waals surface area contributed by atoms with Crippen LogP contribution in [0.15, 0.2) is 42.1 Å². The van der Waals surface area contributed by atoms with Gasteiger partial charge < -0.3 is 9.88 Å². The molecule has 5 nitrogen and oxygen atoms in total. The van der Waals surface area contributed by atoms with Gasteiger partial charge in [0.15, 0.2) is 5.16 Å². The maximum Gasteiger partial charge on any atom is 0.230 e. The fourth-order valence-electron chi connectivity index (χ4n) is 2.03. The van der Waals surface area contributed by atoms with Gasteiger partial charge in [0.25, 0.3) is 0 Å². The third-order valence-electron chi connectivity index (χ3n) is 3.13. The second kappa shape index (κ2) is 8.74. The van der Waals surface area contributed by atoms with E-state index in [2.05, 4.69) is 22.1 Å². The Hall–Kier alpha value is -1.79. The van der Waals surface area contributed by atoms with E-state index in [-0.39, 0.29) is 5.91 Å². The quantitative estimate of drug-likeness (QED) is 0.587. The number of amides is 1. The zero-order valence-electron chi connectivity index (χ0n) is 13.0. The minimum absolute atomic E-state index is 0.0545. The molecule has 0 bridgehead atoms. The van der Waals surface area contributed by atoms with Crippen LogP contribution in [0.5, 0.6) is 0 Å². The van der Waals surface area contributed by atoms with E-state index in [1.807, 2.05) is 29.7 Å². The van der Waals surface area contributed by atoms with Crippen LogP contribution in [0, 0.1) is 0 Å². The van der Waals surface area contributed by atoms with Gasteiger partial charge in [-0.25, -0.2) is 0 Å². The van der Waals surface area contributed by atoms with E-state index in [4.69, 9.17) is 11.6 Å². The van der Waals surface area contributed by atoms with Gasteiger partial charge in [0.1, 0.15) is 5.82 Å². The Balaban J connectivity index is 1.87. The van der Waals surface area contributed by atoms with Crippen molar-refractivity contribution in [1.29, 1.82) is 0 Å². The third-order valence-corrected chi connectivity index (χ3v) is 4.33. The highest BCUT2D eigenvalue weighted by molar-refractivity contribution is 7.99. The highest BCUT2D eigenvalue weighted by Gasteiger charge is 2.12. The highest BCUT2D eigenvalue weighted by Crippen LogP contribution is 2.17. The second-order valence-corrected chi connectivity index (χ2v) is 6.23. The first-order valence-corrected chi connectivity index (χ1v) is 8.67. The summed E-state index contributed by atoms with van der Waals surface area (Å²) >= 11 is 7.29. The molecule has 122 valence electrons. The summed E-state index contributed by atoms with van der Waals surface area (Å²) in [5.41, 5.74) is 0.971. The Morgan fingerprint density at radius 2 is 2.30 bits per heavy atom. The van der Waals surface area contributed by atoms with Gasteiger partial charge in [0.05, 0.1) is 5.75 Å². The van der Waals surface area contributed by atoms with Crippen molar-refractivity contribution in [1.82, 2.24) is 20.1 Å². The molecule has 0 aliphatic carbocycles. The number of carbonyl (C=O) groups is 1. The summed E-state index contributed by atoms with van der Waals surface area (Å²) in [6.07, 6.45) is 2.59. The minimum Gasteiger partial charge on any atom is -0.351 e.